The number of rotatable bonds is 2. The summed E-state index contributed by atoms with van der Waals surface area (Å²) in [5.74, 6) is -0.604. The summed E-state index contributed by atoms with van der Waals surface area (Å²) in [5.41, 5.74) is 3.10. The van der Waals surface area contributed by atoms with Gasteiger partial charge in [0, 0.05) is 24.6 Å². The van der Waals surface area contributed by atoms with Crippen molar-refractivity contribution < 1.29 is 14.7 Å². The van der Waals surface area contributed by atoms with Crippen LogP contribution in [0.4, 0.5) is 0 Å². The lowest BCUT2D eigenvalue weighted by atomic mass is 9.80. The van der Waals surface area contributed by atoms with Crippen molar-refractivity contribution in [1.29, 1.82) is 0 Å². The number of carboxylic acid groups (broad SMARTS) is 1. The van der Waals surface area contributed by atoms with E-state index in [1.54, 1.807) is 0 Å². The monoisotopic (exact) mass is 245 g/mol. The number of aliphatic carboxylic acids is 1. The molecule has 3 rings (SSSR count). The normalized spacial score (nSPS) is 22.7. The predicted octanol–water partition coefficient (Wildman–Crippen LogP) is 1.65. The molecule has 2 aliphatic rings. The zero-order chi connectivity index (χ0) is 12.7. The first-order chi connectivity index (χ1) is 8.66. The molecule has 18 heavy (non-hydrogen) atoms. The standard InChI is InChI=1S/C14H15NO3/c16-12-5-4-11-14-9(2-1-3-10(12)14)6-7-15(11)8-13(17)18/h1-3,11H,4-8H2,(H,17,18). The highest BCUT2D eigenvalue weighted by Gasteiger charge is 2.35. The number of ketones is 1. The molecule has 1 aliphatic heterocycles. The Morgan fingerprint density at radius 2 is 2.22 bits per heavy atom. The van der Waals surface area contributed by atoms with E-state index in [0.717, 1.165) is 30.5 Å². The fraction of sp³-hybridized carbons (Fsp3) is 0.429. The Labute approximate surface area is 105 Å². The smallest absolute Gasteiger partial charge is 0.317 e. The average Bonchev–Trinajstić information content (AvgIpc) is 2.35. The number of carboxylic acids is 1. The fourth-order valence-electron chi connectivity index (χ4n) is 3.16. The molecular weight excluding hydrogens is 230 g/mol. The summed E-state index contributed by atoms with van der Waals surface area (Å²) in [5, 5.41) is 8.96. The van der Waals surface area contributed by atoms with Crippen LogP contribution in [0, 0.1) is 0 Å². The molecule has 0 fully saturated rings. The number of carbonyl (C=O) groups excluding carboxylic acids is 1. The van der Waals surface area contributed by atoms with E-state index in [2.05, 4.69) is 6.07 Å². The number of Topliss-reactive ketones (excluding diaryl/α,β-unsaturated/α-hetero) is 1. The van der Waals surface area contributed by atoms with Crippen molar-refractivity contribution in [1.82, 2.24) is 4.90 Å². The summed E-state index contributed by atoms with van der Waals surface area (Å²) in [6.07, 6.45) is 2.10. The minimum atomic E-state index is -0.798. The largest absolute Gasteiger partial charge is 0.480 e. The van der Waals surface area contributed by atoms with E-state index in [9.17, 15) is 9.59 Å². The SMILES string of the molecule is O=C(O)CN1CCc2cccc3c2C1CCC3=O. The molecular formula is C14H15NO3. The highest BCUT2D eigenvalue weighted by molar-refractivity contribution is 5.99. The summed E-state index contributed by atoms with van der Waals surface area (Å²) in [6.45, 7) is 0.828. The van der Waals surface area contributed by atoms with Crippen LogP contribution < -0.4 is 0 Å². The van der Waals surface area contributed by atoms with Gasteiger partial charge in [0.25, 0.3) is 0 Å². The number of hydrogen-bond donors (Lipinski definition) is 1. The highest BCUT2D eigenvalue weighted by Crippen LogP contribution is 2.39. The van der Waals surface area contributed by atoms with E-state index in [1.165, 1.54) is 5.56 Å². The van der Waals surface area contributed by atoms with Gasteiger partial charge >= 0.3 is 5.97 Å². The molecule has 0 amide bonds. The van der Waals surface area contributed by atoms with Gasteiger partial charge in [-0.25, -0.2) is 0 Å². The van der Waals surface area contributed by atoms with Crippen molar-refractivity contribution in [3.05, 3.63) is 34.9 Å². The first-order valence-electron chi connectivity index (χ1n) is 6.27. The number of benzene rings is 1. The van der Waals surface area contributed by atoms with E-state index in [-0.39, 0.29) is 18.4 Å². The second-order valence-corrected chi connectivity index (χ2v) is 4.97. The molecule has 1 atom stereocenters. The van der Waals surface area contributed by atoms with Crippen LogP contribution in [-0.4, -0.2) is 34.8 Å². The maximum absolute atomic E-state index is 11.9. The van der Waals surface area contributed by atoms with Crippen LogP contribution in [0.1, 0.15) is 40.4 Å². The molecule has 1 aromatic carbocycles. The average molecular weight is 245 g/mol. The second kappa shape index (κ2) is 4.21. The fourth-order valence-corrected chi connectivity index (χ4v) is 3.16. The van der Waals surface area contributed by atoms with Crippen LogP contribution in [0.2, 0.25) is 0 Å². The van der Waals surface area contributed by atoms with Gasteiger partial charge in [-0.3, -0.25) is 14.5 Å². The Morgan fingerprint density at radius 1 is 1.39 bits per heavy atom. The van der Waals surface area contributed by atoms with E-state index < -0.39 is 5.97 Å². The van der Waals surface area contributed by atoms with Gasteiger partial charge in [0.15, 0.2) is 5.78 Å². The third kappa shape index (κ3) is 1.73. The lowest BCUT2D eigenvalue weighted by Crippen LogP contribution is -2.41. The van der Waals surface area contributed by atoms with Gasteiger partial charge in [0.2, 0.25) is 0 Å². The lowest BCUT2D eigenvalue weighted by Gasteiger charge is -2.39. The minimum Gasteiger partial charge on any atom is -0.480 e. The van der Waals surface area contributed by atoms with Gasteiger partial charge in [-0.05, 0) is 24.0 Å². The Morgan fingerprint density at radius 3 is 3.00 bits per heavy atom. The lowest BCUT2D eigenvalue weighted by molar-refractivity contribution is -0.139. The quantitative estimate of drug-likeness (QED) is 0.860. The van der Waals surface area contributed by atoms with Crippen LogP contribution in [0.3, 0.4) is 0 Å². The molecule has 0 spiro atoms. The molecule has 0 saturated heterocycles. The van der Waals surface area contributed by atoms with Gasteiger partial charge in [-0.1, -0.05) is 18.2 Å². The van der Waals surface area contributed by atoms with E-state index in [0.29, 0.717) is 6.42 Å². The van der Waals surface area contributed by atoms with Gasteiger partial charge in [-0.2, -0.15) is 0 Å². The van der Waals surface area contributed by atoms with Crippen molar-refractivity contribution >= 4 is 11.8 Å². The highest BCUT2D eigenvalue weighted by atomic mass is 16.4. The molecule has 4 nitrogen and oxygen atoms in total. The van der Waals surface area contributed by atoms with Crippen molar-refractivity contribution in [2.24, 2.45) is 0 Å². The van der Waals surface area contributed by atoms with Crippen molar-refractivity contribution in [3.8, 4) is 0 Å². The first-order valence-corrected chi connectivity index (χ1v) is 6.27. The van der Waals surface area contributed by atoms with Gasteiger partial charge in [-0.15, -0.1) is 0 Å². The van der Waals surface area contributed by atoms with Crippen molar-refractivity contribution in [2.75, 3.05) is 13.1 Å². The van der Waals surface area contributed by atoms with Crippen molar-refractivity contribution in [3.63, 3.8) is 0 Å². The summed E-state index contributed by atoms with van der Waals surface area (Å²) < 4.78 is 0. The molecule has 1 unspecified atom stereocenters. The Kier molecular flexibility index (Phi) is 2.67. The molecule has 0 saturated carbocycles. The topological polar surface area (TPSA) is 57.6 Å². The number of carbonyl (C=O) groups is 2. The first kappa shape index (κ1) is 11.4. The summed E-state index contributed by atoms with van der Waals surface area (Å²) >= 11 is 0. The maximum Gasteiger partial charge on any atom is 0.317 e. The summed E-state index contributed by atoms with van der Waals surface area (Å²) in [4.78, 5) is 24.8. The second-order valence-electron chi connectivity index (χ2n) is 4.97. The minimum absolute atomic E-state index is 0.0621. The van der Waals surface area contributed by atoms with Crippen LogP contribution in [0.5, 0.6) is 0 Å². The third-order valence-electron chi connectivity index (χ3n) is 3.92. The molecule has 0 aromatic heterocycles. The molecule has 1 heterocycles. The van der Waals surface area contributed by atoms with Crippen LogP contribution >= 0.6 is 0 Å². The van der Waals surface area contributed by atoms with Crippen LogP contribution in [0.25, 0.3) is 0 Å². The Hall–Kier alpha value is -1.68. The number of hydrogen-bond acceptors (Lipinski definition) is 3. The van der Waals surface area contributed by atoms with Gasteiger partial charge in [0.05, 0.1) is 6.54 Å². The summed E-state index contributed by atoms with van der Waals surface area (Å²) in [6, 6.07) is 5.97. The molecule has 0 radical (unpaired) electrons. The zero-order valence-corrected chi connectivity index (χ0v) is 10.1. The molecule has 1 aliphatic carbocycles. The maximum atomic E-state index is 11.9. The predicted molar refractivity (Wildman–Crippen MR) is 65.7 cm³/mol. The molecule has 94 valence electrons. The van der Waals surface area contributed by atoms with E-state index in [4.69, 9.17) is 5.11 Å². The molecule has 4 heteroatoms. The Bertz CT molecular complexity index is 524. The Balaban J connectivity index is 2.04. The van der Waals surface area contributed by atoms with Crippen LogP contribution in [0.15, 0.2) is 18.2 Å². The van der Waals surface area contributed by atoms with Gasteiger partial charge < -0.3 is 5.11 Å². The molecule has 1 N–H and O–H groups in total. The molecule has 0 bridgehead atoms. The van der Waals surface area contributed by atoms with E-state index in [1.807, 2.05) is 17.0 Å². The third-order valence-corrected chi connectivity index (χ3v) is 3.92. The van der Waals surface area contributed by atoms with E-state index >= 15 is 0 Å². The zero-order valence-electron chi connectivity index (χ0n) is 10.1. The summed E-state index contributed by atoms with van der Waals surface area (Å²) in [7, 11) is 0. The molecule has 1 aromatic rings. The van der Waals surface area contributed by atoms with Crippen molar-refractivity contribution in [2.45, 2.75) is 25.3 Å². The number of nitrogens with zero attached hydrogens (tertiary/aromatic N) is 1. The van der Waals surface area contributed by atoms with Gasteiger partial charge in [0.1, 0.15) is 0 Å². The van der Waals surface area contributed by atoms with Crippen LogP contribution in [-0.2, 0) is 11.2 Å².